The number of fused-ring (bicyclic) bond motifs is 1. The summed E-state index contributed by atoms with van der Waals surface area (Å²) in [7, 11) is -1.86. The van der Waals surface area contributed by atoms with Crippen molar-refractivity contribution in [1.29, 1.82) is 0 Å². The van der Waals surface area contributed by atoms with Gasteiger partial charge in [0.2, 0.25) is 0 Å². The Morgan fingerprint density at radius 3 is 2.40 bits per heavy atom. The molecule has 5 rings (SSSR count). The number of para-hydroxylation sites is 1. The maximum absolute atomic E-state index is 15.0. The molecule has 12 heteroatoms. The fourth-order valence-corrected chi connectivity index (χ4v) is 5.86. The second kappa shape index (κ2) is 14.1. The Morgan fingerprint density at radius 2 is 1.70 bits per heavy atom. The van der Waals surface area contributed by atoms with Crippen molar-refractivity contribution in [2.45, 2.75) is 65.7 Å². The van der Waals surface area contributed by atoms with Crippen LogP contribution in [0.25, 0.3) is 22.4 Å². The third kappa shape index (κ3) is 7.94. The summed E-state index contributed by atoms with van der Waals surface area (Å²) in [5, 5.41) is 8.97. The summed E-state index contributed by atoms with van der Waals surface area (Å²) in [6.45, 7) is 16.0. The third-order valence-electron chi connectivity index (χ3n) is 8.33. The molecule has 5 aromatic rings. The highest BCUT2D eigenvalue weighted by molar-refractivity contribution is 6.74. The van der Waals surface area contributed by atoms with E-state index in [1.165, 1.54) is 12.1 Å². The van der Waals surface area contributed by atoms with Gasteiger partial charge in [-0.1, -0.05) is 39.0 Å². The van der Waals surface area contributed by atoms with Gasteiger partial charge in [0.1, 0.15) is 23.1 Å². The Balaban J connectivity index is 1.44. The number of anilines is 2. The minimum Gasteiger partial charge on any atom is -0.494 e. The van der Waals surface area contributed by atoms with Crippen LogP contribution < -0.4 is 14.8 Å². The Bertz CT molecular complexity index is 1830. The van der Waals surface area contributed by atoms with Crippen molar-refractivity contribution in [1.82, 2.24) is 24.7 Å². The topological polar surface area (TPSA) is 96.2 Å². The van der Waals surface area contributed by atoms with Gasteiger partial charge in [0.25, 0.3) is 0 Å². The van der Waals surface area contributed by atoms with Gasteiger partial charge < -0.3 is 19.2 Å². The van der Waals surface area contributed by atoms with Crippen LogP contribution in [-0.4, -0.2) is 52.9 Å². The second-order valence-electron chi connectivity index (χ2n) is 12.9. The molecule has 0 bridgehead atoms. The van der Waals surface area contributed by atoms with E-state index in [9.17, 15) is 0 Å². The quantitative estimate of drug-likeness (QED) is 0.0993. The third-order valence-corrected chi connectivity index (χ3v) is 12.9. The standard InChI is InChI=1S/C35H42F2N6O3Si/c1-8-44-25-19-28(36)27(29(37)20-25)22-43-30-13-10-9-12-26(30)32(42-43)34-39-21-31(33(41-34)40-24-14-15-38-23(2)18-24)45-16-11-17-46-47(6,7)35(3,4)5/h9-10,12-15,18-21H,8,11,16-17,22H2,1-7H3,(H,38,39,40,41). The van der Waals surface area contributed by atoms with Crippen molar-refractivity contribution >= 4 is 30.7 Å². The summed E-state index contributed by atoms with van der Waals surface area (Å²) in [6.07, 6.45) is 4.04. The number of benzene rings is 2. The van der Waals surface area contributed by atoms with E-state index in [2.05, 4.69) is 49.1 Å². The van der Waals surface area contributed by atoms with Gasteiger partial charge in [-0.25, -0.2) is 18.7 Å². The first-order chi connectivity index (χ1) is 22.4. The molecule has 248 valence electrons. The van der Waals surface area contributed by atoms with Gasteiger partial charge in [-0.2, -0.15) is 5.10 Å². The van der Waals surface area contributed by atoms with Crippen molar-refractivity contribution in [3.05, 3.63) is 83.8 Å². The Labute approximate surface area is 275 Å². The van der Waals surface area contributed by atoms with Gasteiger partial charge in [0, 0.05) is 53.7 Å². The van der Waals surface area contributed by atoms with Crippen LogP contribution in [0.1, 0.15) is 45.4 Å². The van der Waals surface area contributed by atoms with Crippen LogP contribution in [0, 0.1) is 18.6 Å². The lowest BCUT2D eigenvalue weighted by atomic mass is 10.1. The highest BCUT2D eigenvalue weighted by atomic mass is 28.4. The van der Waals surface area contributed by atoms with E-state index in [1.807, 2.05) is 43.3 Å². The fraction of sp³-hybridized carbons (Fsp3) is 0.371. The minimum absolute atomic E-state index is 0.120. The summed E-state index contributed by atoms with van der Waals surface area (Å²) < 4.78 is 49.4. The minimum atomic E-state index is -1.86. The molecule has 9 nitrogen and oxygen atoms in total. The number of aromatic nitrogens is 5. The van der Waals surface area contributed by atoms with E-state index >= 15 is 8.78 Å². The zero-order valence-corrected chi connectivity index (χ0v) is 29.0. The van der Waals surface area contributed by atoms with Crippen molar-refractivity contribution in [3.8, 4) is 23.0 Å². The first-order valence-corrected chi connectivity index (χ1v) is 18.7. The molecule has 0 fully saturated rings. The lowest BCUT2D eigenvalue weighted by molar-refractivity contribution is 0.233. The average Bonchev–Trinajstić information content (AvgIpc) is 3.37. The van der Waals surface area contributed by atoms with E-state index in [0.717, 1.165) is 16.8 Å². The molecule has 3 aromatic heterocycles. The van der Waals surface area contributed by atoms with Crippen LogP contribution in [0.5, 0.6) is 11.5 Å². The largest absolute Gasteiger partial charge is 0.494 e. The fourth-order valence-electron chi connectivity index (χ4n) is 4.77. The van der Waals surface area contributed by atoms with Crippen molar-refractivity contribution < 1.29 is 22.7 Å². The monoisotopic (exact) mass is 660 g/mol. The van der Waals surface area contributed by atoms with Gasteiger partial charge in [0.15, 0.2) is 25.7 Å². The number of hydrogen-bond acceptors (Lipinski definition) is 8. The second-order valence-corrected chi connectivity index (χ2v) is 17.7. The molecule has 0 radical (unpaired) electrons. The molecular weight excluding hydrogens is 619 g/mol. The molecule has 0 unspecified atom stereocenters. The molecular formula is C35H42F2N6O3Si. The number of hydrogen-bond donors (Lipinski definition) is 1. The Kier molecular flexibility index (Phi) is 10.2. The molecule has 3 heterocycles. The van der Waals surface area contributed by atoms with Crippen molar-refractivity contribution in [2.24, 2.45) is 0 Å². The molecule has 0 saturated carbocycles. The summed E-state index contributed by atoms with van der Waals surface area (Å²) >= 11 is 0. The highest BCUT2D eigenvalue weighted by Gasteiger charge is 2.36. The number of ether oxygens (including phenoxy) is 2. The number of aryl methyl sites for hydroxylation is 1. The van der Waals surface area contributed by atoms with E-state index in [0.29, 0.717) is 54.8 Å². The normalized spacial score (nSPS) is 12.0. The molecule has 0 atom stereocenters. The zero-order valence-electron chi connectivity index (χ0n) is 28.0. The smallest absolute Gasteiger partial charge is 0.191 e. The number of halogens is 2. The van der Waals surface area contributed by atoms with E-state index in [4.69, 9.17) is 24.0 Å². The lowest BCUT2D eigenvalue weighted by Gasteiger charge is -2.36. The summed E-state index contributed by atoms with van der Waals surface area (Å²) in [5.41, 5.74) is 2.65. The highest BCUT2D eigenvalue weighted by Crippen LogP contribution is 2.37. The predicted molar refractivity (Wildman–Crippen MR) is 183 cm³/mol. The van der Waals surface area contributed by atoms with Crippen LogP contribution in [0.3, 0.4) is 0 Å². The molecule has 0 saturated heterocycles. The molecule has 0 spiro atoms. The average molecular weight is 661 g/mol. The Hall–Kier alpha value is -4.42. The molecule has 0 aliphatic rings. The SMILES string of the molecule is CCOc1cc(F)c(Cn2nc(-c3ncc(OCCCO[Si](C)(C)C(C)(C)C)c(Nc4ccnc(C)c4)n3)c3ccccc32)c(F)c1. The molecule has 0 aliphatic carbocycles. The van der Waals surface area contributed by atoms with Gasteiger partial charge in [-0.15, -0.1) is 0 Å². The molecule has 0 amide bonds. The molecule has 1 N–H and O–H groups in total. The van der Waals surface area contributed by atoms with Crippen molar-refractivity contribution in [3.63, 3.8) is 0 Å². The number of pyridine rings is 1. The maximum atomic E-state index is 15.0. The lowest BCUT2D eigenvalue weighted by Crippen LogP contribution is -2.41. The van der Waals surface area contributed by atoms with Crippen molar-refractivity contribution in [2.75, 3.05) is 25.1 Å². The van der Waals surface area contributed by atoms with Gasteiger partial charge in [-0.3, -0.25) is 9.67 Å². The summed E-state index contributed by atoms with van der Waals surface area (Å²) in [4.78, 5) is 13.8. The van der Waals surface area contributed by atoms with E-state index in [-0.39, 0.29) is 22.9 Å². The van der Waals surface area contributed by atoms with Crippen LogP contribution in [0.4, 0.5) is 20.3 Å². The number of nitrogens with zero attached hydrogens (tertiary/aromatic N) is 5. The summed E-state index contributed by atoms with van der Waals surface area (Å²) in [6, 6.07) is 13.6. The molecule has 2 aromatic carbocycles. The Morgan fingerprint density at radius 1 is 0.957 bits per heavy atom. The van der Waals surface area contributed by atoms with Crippen LogP contribution in [0.15, 0.2) is 60.9 Å². The van der Waals surface area contributed by atoms with Crippen LogP contribution >= 0.6 is 0 Å². The van der Waals surface area contributed by atoms with Crippen LogP contribution in [-0.2, 0) is 11.0 Å². The van der Waals surface area contributed by atoms with E-state index < -0.39 is 20.0 Å². The first kappa shape index (κ1) is 33.9. The van der Waals surface area contributed by atoms with Gasteiger partial charge >= 0.3 is 0 Å². The number of nitrogens with one attached hydrogen (secondary N) is 1. The number of rotatable bonds is 13. The van der Waals surface area contributed by atoms with E-state index in [1.54, 1.807) is 24.0 Å². The summed E-state index contributed by atoms with van der Waals surface area (Å²) in [5.74, 6) is -0.0247. The zero-order chi connectivity index (χ0) is 33.8. The molecule has 47 heavy (non-hydrogen) atoms. The van der Waals surface area contributed by atoms with Gasteiger partial charge in [0.05, 0.1) is 31.5 Å². The molecule has 0 aliphatic heterocycles. The predicted octanol–water partition coefficient (Wildman–Crippen LogP) is 8.46. The first-order valence-electron chi connectivity index (χ1n) is 15.8. The van der Waals surface area contributed by atoms with Gasteiger partial charge in [-0.05, 0) is 50.2 Å². The van der Waals surface area contributed by atoms with Crippen LogP contribution in [0.2, 0.25) is 18.1 Å². The maximum Gasteiger partial charge on any atom is 0.191 e.